The lowest BCUT2D eigenvalue weighted by Gasteiger charge is -2.26. The van der Waals surface area contributed by atoms with Gasteiger partial charge in [0, 0.05) is 0 Å². The van der Waals surface area contributed by atoms with Gasteiger partial charge in [-0.05, 0) is 49.7 Å². The molecule has 0 fully saturated rings. The van der Waals surface area contributed by atoms with Crippen LogP contribution in [-0.2, 0) is 16.6 Å². The van der Waals surface area contributed by atoms with Crippen molar-refractivity contribution in [3.8, 4) is 23.0 Å². The van der Waals surface area contributed by atoms with Gasteiger partial charge in [-0.25, -0.2) is 13.4 Å². The summed E-state index contributed by atoms with van der Waals surface area (Å²) in [6.07, 6.45) is 0. The summed E-state index contributed by atoms with van der Waals surface area (Å²) in [5.74, 6) is 1.93. The number of para-hydroxylation sites is 3. The normalized spacial score (nSPS) is 11.3. The lowest BCUT2D eigenvalue weighted by molar-refractivity contribution is 0.414. The number of anilines is 1. The summed E-state index contributed by atoms with van der Waals surface area (Å²) in [6, 6.07) is 21.3. The van der Waals surface area contributed by atoms with Gasteiger partial charge in [-0.15, -0.1) is 0 Å². The van der Waals surface area contributed by atoms with E-state index in [2.05, 4.69) is 4.98 Å². The van der Waals surface area contributed by atoms with Crippen LogP contribution in [0.4, 0.5) is 5.69 Å². The first-order valence-corrected chi connectivity index (χ1v) is 12.1. The van der Waals surface area contributed by atoms with Crippen molar-refractivity contribution >= 4 is 15.7 Å². The number of aromatic nitrogens is 1. The number of rotatable bonds is 8. The van der Waals surface area contributed by atoms with Crippen LogP contribution in [0.5, 0.6) is 11.5 Å². The van der Waals surface area contributed by atoms with Crippen molar-refractivity contribution in [2.75, 3.05) is 18.5 Å². The van der Waals surface area contributed by atoms with Crippen LogP contribution >= 0.6 is 0 Å². The zero-order valence-corrected chi connectivity index (χ0v) is 20.3. The number of nitrogens with zero attached hydrogens (tertiary/aromatic N) is 2. The number of benzene rings is 3. The Bertz CT molecular complexity index is 1410. The second kappa shape index (κ2) is 9.61. The number of hydrogen-bond acceptors (Lipinski definition) is 6. The molecule has 0 N–H and O–H groups in total. The molecule has 34 heavy (non-hydrogen) atoms. The third kappa shape index (κ3) is 4.36. The maximum absolute atomic E-state index is 13.9. The van der Waals surface area contributed by atoms with Crippen LogP contribution in [0.25, 0.3) is 11.5 Å². The fourth-order valence-electron chi connectivity index (χ4n) is 3.75. The van der Waals surface area contributed by atoms with Gasteiger partial charge in [-0.1, -0.05) is 42.5 Å². The molecule has 0 aliphatic heterocycles. The molecule has 0 unspecified atom stereocenters. The topological polar surface area (TPSA) is 81.9 Å². The predicted octanol–water partition coefficient (Wildman–Crippen LogP) is 5.37. The minimum absolute atomic E-state index is 0.0402. The standard InChI is InChI=1S/C26H26N2O5S/c1-18-11-5-10-16-25(18)34(29,30)28(22-13-7-9-15-24(22)32-4)17-21-19(2)33-26(27-21)20-12-6-8-14-23(20)31-3/h5-16H,17H2,1-4H3. The van der Waals surface area contributed by atoms with Crippen LogP contribution in [0.15, 0.2) is 82.1 Å². The molecule has 7 nitrogen and oxygen atoms in total. The quantitative estimate of drug-likeness (QED) is 0.339. The number of sulfonamides is 1. The monoisotopic (exact) mass is 478 g/mol. The molecule has 0 saturated carbocycles. The third-order valence-electron chi connectivity index (χ3n) is 5.54. The summed E-state index contributed by atoms with van der Waals surface area (Å²) in [5.41, 5.74) is 2.23. The Balaban J connectivity index is 1.83. The maximum Gasteiger partial charge on any atom is 0.265 e. The molecule has 0 radical (unpaired) electrons. The Morgan fingerprint density at radius 2 is 1.47 bits per heavy atom. The van der Waals surface area contributed by atoms with Crippen molar-refractivity contribution < 1.29 is 22.3 Å². The molecule has 176 valence electrons. The molecule has 0 amide bonds. The van der Waals surface area contributed by atoms with Crippen molar-refractivity contribution in [1.29, 1.82) is 0 Å². The number of hydrogen-bond donors (Lipinski definition) is 0. The van der Waals surface area contributed by atoms with E-state index in [-0.39, 0.29) is 11.4 Å². The summed E-state index contributed by atoms with van der Waals surface area (Å²) >= 11 is 0. The largest absolute Gasteiger partial charge is 0.496 e. The van der Waals surface area contributed by atoms with Crippen LogP contribution in [0.2, 0.25) is 0 Å². The SMILES string of the molecule is COc1ccccc1-c1nc(CN(c2ccccc2OC)S(=O)(=O)c2ccccc2C)c(C)o1. The highest BCUT2D eigenvalue weighted by atomic mass is 32.2. The summed E-state index contributed by atoms with van der Waals surface area (Å²) in [7, 11) is -0.864. The fraction of sp³-hybridized carbons (Fsp3) is 0.192. The summed E-state index contributed by atoms with van der Waals surface area (Å²) < 4.78 is 46.0. The second-order valence-electron chi connectivity index (χ2n) is 7.67. The van der Waals surface area contributed by atoms with Crippen molar-refractivity contribution in [1.82, 2.24) is 4.98 Å². The molecule has 3 aromatic carbocycles. The van der Waals surface area contributed by atoms with Crippen LogP contribution in [0.3, 0.4) is 0 Å². The number of ether oxygens (including phenoxy) is 2. The van der Waals surface area contributed by atoms with E-state index >= 15 is 0 Å². The van der Waals surface area contributed by atoms with Crippen molar-refractivity contribution in [3.05, 3.63) is 89.8 Å². The molecule has 0 saturated heterocycles. The van der Waals surface area contributed by atoms with Crippen LogP contribution in [0, 0.1) is 13.8 Å². The molecular formula is C26H26N2O5S. The average Bonchev–Trinajstić information content (AvgIpc) is 3.22. The maximum atomic E-state index is 13.9. The molecule has 4 aromatic rings. The predicted molar refractivity (Wildman–Crippen MR) is 131 cm³/mol. The number of methoxy groups -OCH3 is 2. The molecule has 1 heterocycles. The van der Waals surface area contributed by atoms with E-state index in [1.807, 2.05) is 30.3 Å². The summed E-state index contributed by atoms with van der Waals surface area (Å²) in [6.45, 7) is 3.50. The Morgan fingerprint density at radius 1 is 0.853 bits per heavy atom. The van der Waals surface area contributed by atoms with E-state index in [1.54, 1.807) is 63.4 Å². The molecule has 0 atom stereocenters. The van der Waals surface area contributed by atoms with Crippen molar-refractivity contribution in [2.45, 2.75) is 25.3 Å². The van der Waals surface area contributed by atoms with Gasteiger partial charge in [0.15, 0.2) is 0 Å². The Kier molecular flexibility index (Phi) is 6.61. The minimum atomic E-state index is -3.95. The Hall–Kier alpha value is -3.78. The van der Waals surface area contributed by atoms with Crippen molar-refractivity contribution in [3.63, 3.8) is 0 Å². The van der Waals surface area contributed by atoms with Crippen molar-refractivity contribution in [2.24, 2.45) is 0 Å². The summed E-state index contributed by atoms with van der Waals surface area (Å²) in [4.78, 5) is 4.86. The molecule has 0 aliphatic carbocycles. The molecule has 0 bridgehead atoms. The van der Waals surface area contributed by atoms with Gasteiger partial charge in [0.2, 0.25) is 5.89 Å². The van der Waals surface area contributed by atoms with Gasteiger partial charge < -0.3 is 13.9 Å². The molecule has 8 heteroatoms. The van der Waals surface area contributed by atoms with Gasteiger partial charge in [-0.2, -0.15) is 0 Å². The van der Waals surface area contributed by atoms with E-state index in [0.29, 0.717) is 45.7 Å². The van der Waals surface area contributed by atoms with Crippen LogP contribution < -0.4 is 13.8 Å². The van der Waals surface area contributed by atoms with E-state index < -0.39 is 10.0 Å². The first-order valence-electron chi connectivity index (χ1n) is 10.7. The highest BCUT2D eigenvalue weighted by Gasteiger charge is 2.30. The Labute approximate surface area is 199 Å². The van der Waals surface area contributed by atoms with Gasteiger partial charge in [-0.3, -0.25) is 4.31 Å². The average molecular weight is 479 g/mol. The van der Waals surface area contributed by atoms with Gasteiger partial charge >= 0.3 is 0 Å². The van der Waals surface area contributed by atoms with E-state index in [0.717, 1.165) is 0 Å². The molecule has 0 spiro atoms. The van der Waals surface area contributed by atoms with E-state index in [9.17, 15) is 8.42 Å². The molecular weight excluding hydrogens is 452 g/mol. The van der Waals surface area contributed by atoms with Gasteiger partial charge in [0.25, 0.3) is 10.0 Å². The fourth-order valence-corrected chi connectivity index (χ4v) is 5.41. The first kappa shape index (κ1) is 23.4. The smallest absolute Gasteiger partial charge is 0.265 e. The van der Waals surface area contributed by atoms with Gasteiger partial charge in [0.05, 0.1) is 36.9 Å². The Morgan fingerprint density at radius 3 is 2.18 bits per heavy atom. The van der Waals surface area contributed by atoms with Crippen LogP contribution in [0.1, 0.15) is 17.0 Å². The minimum Gasteiger partial charge on any atom is -0.496 e. The lowest BCUT2D eigenvalue weighted by atomic mass is 10.2. The number of oxazole rings is 1. The third-order valence-corrected chi connectivity index (χ3v) is 7.46. The molecule has 0 aliphatic rings. The van der Waals surface area contributed by atoms with E-state index in [1.165, 1.54) is 11.4 Å². The van der Waals surface area contributed by atoms with Crippen LogP contribution in [-0.4, -0.2) is 27.6 Å². The zero-order chi connectivity index (χ0) is 24.3. The highest BCUT2D eigenvalue weighted by molar-refractivity contribution is 7.92. The highest BCUT2D eigenvalue weighted by Crippen LogP contribution is 2.36. The van der Waals surface area contributed by atoms with Gasteiger partial charge in [0.1, 0.15) is 23.0 Å². The molecule has 1 aromatic heterocycles. The first-order chi connectivity index (χ1) is 16.4. The number of aryl methyl sites for hydroxylation is 2. The summed E-state index contributed by atoms with van der Waals surface area (Å²) in [5, 5.41) is 0. The molecule has 4 rings (SSSR count). The zero-order valence-electron chi connectivity index (χ0n) is 19.5. The lowest BCUT2D eigenvalue weighted by Crippen LogP contribution is -2.31. The second-order valence-corrected chi connectivity index (χ2v) is 9.50. The van der Waals surface area contributed by atoms with E-state index in [4.69, 9.17) is 13.9 Å².